The average molecular weight is 491 g/mol. The number of fused-ring (bicyclic) bond motifs is 1. The van der Waals surface area contributed by atoms with Gasteiger partial charge in [0, 0.05) is 0 Å². The molecule has 1 atom stereocenters. The molecule has 2 fully saturated rings. The molecule has 2 heteroatoms. The summed E-state index contributed by atoms with van der Waals surface area (Å²) in [6, 6.07) is 14.4. The second kappa shape index (κ2) is 13.8. The summed E-state index contributed by atoms with van der Waals surface area (Å²) in [5, 5.41) is 22.3. The van der Waals surface area contributed by atoms with E-state index in [0.29, 0.717) is 5.92 Å². The lowest BCUT2D eigenvalue weighted by Crippen LogP contribution is -2.26. The summed E-state index contributed by atoms with van der Waals surface area (Å²) in [5.74, 6) is 3.22. The van der Waals surface area contributed by atoms with Crippen LogP contribution in [0.15, 0.2) is 48.6 Å². The minimum atomic E-state index is -0.236. The zero-order valence-electron chi connectivity index (χ0n) is 22.8. The number of unbranched alkanes of at least 4 members (excludes halogenated alkanes) is 2. The van der Waals surface area contributed by atoms with Gasteiger partial charge in [-0.1, -0.05) is 81.2 Å². The Bertz CT molecular complexity index is 947. The van der Waals surface area contributed by atoms with E-state index in [0.717, 1.165) is 42.6 Å². The van der Waals surface area contributed by atoms with Crippen LogP contribution in [0.5, 0.6) is 0 Å². The van der Waals surface area contributed by atoms with Crippen molar-refractivity contribution in [2.24, 2.45) is 17.8 Å². The first-order chi connectivity index (χ1) is 17.6. The van der Waals surface area contributed by atoms with Crippen molar-refractivity contribution >= 4 is 10.8 Å². The number of hydrogen-bond donors (Lipinski definition) is 2. The molecule has 2 aliphatic carbocycles. The van der Waals surface area contributed by atoms with Crippen LogP contribution in [-0.2, 0) is 6.42 Å². The summed E-state index contributed by atoms with van der Waals surface area (Å²) in [7, 11) is 0. The fraction of sp³-hybridized carbons (Fsp3) is 0.647. The Labute approximate surface area is 220 Å². The van der Waals surface area contributed by atoms with E-state index in [2.05, 4.69) is 49.9 Å². The van der Waals surface area contributed by atoms with E-state index in [1.54, 1.807) is 5.56 Å². The fourth-order valence-electron chi connectivity index (χ4n) is 7.07. The summed E-state index contributed by atoms with van der Waals surface area (Å²) in [6.07, 6.45) is 18.1. The second-order valence-corrected chi connectivity index (χ2v) is 12.1. The van der Waals surface area contributed by atoms with E-state index >= 15 is 0 Å². The molecule has 0 bridgehead atoms. The fourth-order valence-corrected chi connectivity index (χ4v) is 7.07. The van der Waals surface area contributed by atoms with E-state index in [4.69, 9.17) is 5.11 Å². The molecule has 0 aliphatic heterocycles. The van der Waals surface area contributed by atoms with Gasteiger partial charge in [-0.15, -0.1) is 0 Å². The molecule has 198 valence electrons. The third kappa shape index (κ3) is 7.68. The Morgan fingerprint density at radius 1 is 0.889 bits per heavy atom. The average Bonchev–Trinajstić information content (AvgIpc) is 2.92. The zero-order valence-corrected chi connectivity index (χ0v) is 22.8. The highest BCUT2D eigenvalue weighted by atomic mass is 16.3. The van der Waals surface area contributed by atoms with Crippen LogP contribution in [0.1, 0.15) is 114 Å². The highest BCUT2D eigenvalue weighted by Crippen LogP contribution is 2.45. The largest absolute Gasteiger partial charge is 0.393 e. The number of aliphatic hydroxyl groups is 2. The maximum absolute atomic E-state index is 10.4. The van der Waals surface area contributed by atoms with E-state index in [1.807, 2.05) is 0 Å². The third-order valence-electron chi connectivity index (χ3n) is 9.46. The van der Waals surface area contributed by atoms with Gasteiger partial charge < -0.3 is 10.2 Å². The first kappa shape index (κ1) is 27.4. The number of aryl methyl sites for hydroxylation is 1. The molecule has 2 saturated carbocycles. The van der Waals surface area contributed by atoms with Crippen molar-refractivity contribution < 1.29 is 10.2 Å². The van der Waals surface area contributed by atoms with Crippen LogP contribution in [0, 0.1) is 17.8 Å². The molecule has 0 spiro atoms. The van der Waals surface area contributed by atoms with Crippen molar-refractivity contribution in [2.75, 3.05) is 6.61 Å². The summed E-state index contributed by atoms with van der Waals surface area (Å²) in [5.41, 5.74) is 3.88. The standard InChI is InChI=1S/C34H50O2/c1-3-4-5-6-26-10-13-33-23-32(19-18-31(33)21-26)30-16-14-29(15-17-30)28-11-8-27(9-12-28)22-34(36)20-7-25(2)24-35/h10,13,18-19,21,23,27-30,34-36H,2-9,11-12,14-17,20,22,24H2,1H3. The topological polar surface area (TPSA) is 40.5 Å². The predicted octanol–water partition coefficient (Wildman–Crippen LogP) is 8.73. The molecule has 2 N–H and O–H groups in total. The number of benzene rings is 2. The van der Waals surface area contributed by atoms with Gasteiger partial charge in [-0.05, 0) is 116 Å². The van der Waals surface area contributed by atoms with E-state index < -0.39 is 0 Å². The molecule has 4 rings (SSSR count). The van der Waals surface area contributed by atoms with Crippen LogP contribution < -0.4 is 0 Å². The second-order valence-electron chi connectivity index (χ2n) is 12.1. The van der Waals surface area contributed by atoms with Gasteiger partial charge in [-0.2, -0.15) is 0 Å². The van der Waals surface area contributed by atoms with Crippen molar-refractivity contribution in [2.45, 2.75) is 115 Å². The molecule has 0 radical (unpaired) electrons. The van der Waals surface area contributed by atoms with Gasteiger partial charge in [0.05, 0.1) is 12.7 Å². The van der Waals surface area contributed by atoms with Crippen molar-refractivity contribution in [3.8, 4) is 0 Å². The van der Waals surface area contributed by atoms with Crippen LogP contribution in [0.4, 0.5) is 0 Å². The maximum atomic E-state index is 10.4. The van der Waals surface area contributed by atoms with E-state index in [-0.39, 0.29) is 12.7 Å². The Morgan fingerprint density at radius 2 is 1.56 bits per heavy atom. The molecule has 0 saturated heterocycles. The highest BCUT2D eigenvalue weighted by molar-refractivity contribution is 5.84. The lowest BCUT2D eigenvalue weighted by atomic mass is 9.67. The molecule has 0 heterocycles. The van der Waals surface area contributed by atoms with Crippen molar-refractivity contribution in [1.82, 2.24) is 0 Å². The van der Waals surface area contributed by atoms with E-state index in [1.165, 1.54) is 93.4 Å². The van der Waals surface area contributed by atoms with Crippen molar-refractivity contribution in [1.29, 1.82) is 0 Å². The van der Waals surface area contributed by atoms with Gasteiger partial charge in [0.1, 0.15) is 0 Å². The van der Waals surface area contributed by atoms with Gasteiger partial charge in [0.25, 0.3) is 0 Å². The van der Waals surface area contributed by atoms with E-state index in [9.17, 15) is 5.11 Å². The SMILES string of the molecule is C=C(CO)CCC(O)CC1CCC(C2CCC(c3ccc4cc(CCCCC)ccc4c3)CC2)CC1. The molecule has 0 amide bonds. The Balaban J connectivity index is 1.21. The van der Waals surface area contributed by atoms with Crippen LogP contribution in [-0.4, -0.2) is 22.9 Å². The molecule has 2 nitrogen and oxygen atoms in total. The summed E-state index contributed by atoms with van der Waals surface area (Å²) in [4.78, 5) is 0. The summed E-state index contributed by atoms with van der Waals surface area (Å²) >= 11 is 0. The summed E-state index contributed by atoms with van der Waals surface area (Å²) in [6.45, 7) is 6.16. The molecule has 2 aliphatic rings. The van der Waals surface area contributed by atoms with Gasteiger partial charge in [0.2, 0.25) is 0 Å². The van der Waals surface area contributed by atoms with Gasteiger partial charge >= 0.3 is 0 Å². The van der Waals surface area contributed by atoms with Crippen LogP contribution >= 0.6 is 0 Å². The normalized spacial score (nSPS) is 25.6. The molecule has 1 unspecified atom stereocenters. The van der Waals surface area contributed by atoms with Crippen LogP contribution in [0.2, 0.25) is 0 Å². The monoisotopic (exact) mass is 490 g/mol. The Hall–Kier alpha value is -1.64. The minimum Gasteiger partial charge on any atom is -0.393 e. The lowest BCUT2D eigenvalue weighted by molar-refractivity contribution is 0.0992. The maximum Gasteiger partial charge on any atom is 0.0639 e. The first-order valence-electron chi connectivity index (χ1n) is 15.0. The quantitative estimate of drug-likeness (QED) is 0.231. The van der Waals surface area contributed by atoms with Gasteiger partial charge in [-0.3, -0.25) is 0 Å². The molecular weight excluding hydrogens is 440 g/mol. The molecule has 2 aromatic rings. The van der Waals surface area contributed by atoms with Crippen LogP contribution in [0.25, 0.3) is 10.8 Å². The minimum absolute atomic E-state index is 0.0426. The summed E-state index contributed by atoms with van der Waals surface area (Å²) < 4.78 is 0. The zero-order chi connectivity index (χ0) is 25.3. The molecule has 0 aromatic heterocycles. The van der Waals surface area contributed by atoms with Crippen molar-refractivity contribution in [3.63, 3.8) is 0 Å². The van der Waals surface area contributed by atoms with Gasteiger partial charge in [-0.25, -0.2) is 0 Å². The number of aliphatic hydroxyl groups excluding tert-OH is 2. The predicted molar refractivity (Wildman–Crippen MR) is 153 cm³/mol. The Morgan fingerprint density at radius 3 is 2.25 bits per heavy atom. The third-order valence-corrected chi connectivity index (χ3v) is 9.46. The molecule has 36 heavy (non-hydrogen) atoms. The Kier molecular flexibility index (Phi) is 10.5. The van der Waals surface area contributed by atoms with Crippen molar-refractivity contribution in [3.05, 3.63) is 59.7 Å². The molecule has 2 aromatic carbocycles. The number of hydrogen-bond acceptors (Lipinski definition) is 2. The lowest BCUT2D eigenvalue weighted by Gasteiger charge is -2.38. The highest BCUT2D eigenvalue weighted by Gasteiger charge is 2.31. The number of rotatable bonds is 12. The van der Waals surface area contributed by atoms with Crippen LogP contribution in [0.3, 0.4) is 0 Å². The molecular formula is C34H50O2. The smallest absolute Gasteiger partial charge is 0.0639 e. The van der Waals surface area contributed by atoms with Gasteiger partial charge in [0.15, 0.2) is 0 Å². The first-order valence-corrected chi connectivity index (χ1v) is 15.0.